The summed E-state index contributed by atoms with van der Waals surface area (Å²) in [7, 11) is 1.21. The average Bonchev–Trinajstić information content (AvgIpc) is 2.21. The molecule has 1 aromatic rings. The smallest absolute Gasteiger partial charge is 0.395 e. The van der Waals surface area contributed by atoms with Crippen molar-refractivity contribution in [1.29, 1.82) is 0 Å². The van der Waals surface area contributed by atoms with Gasteiger partial charge in [-0.3, -0.25) is 4.85 Å². The van der Waals surface area contributed by atoms with Crippen LogP contribution in [-0.2, 0) is 9.53 Å². The van der Waals surface area contributed by atoms with E-state index in [9.17, 15) is 9.18 Å². The van der Waals surface area contributed by atoms with Gasteiger partial charge in [0.05, 0.1) is 7.11 Å². The van der Waals surface area contributed by atoms with Crippen LogP contribution >= 0.6 is 0 Å². The maximum absolute atomic E-state index is 12.5. The molecule has 1 aromatic carbocycles. The monoisotopic (exact) mass is 193 g/mol. The zero-order valence-electron chi connectivity index (χ0n) is 7.53. The van der Waals surface area contributed by atoms with E-state index in [1.54, 1.807) is 0 Å². The molecule has 0 fully saturated rings. The predicted octanol–water partition coefficient (Wildman–Crippen LogP) is 1.96. The molecule has 0 saturated heterocycles. The van der Waals surface area contributed by atoms with Crippen molar-refractivity contribution in [3.05, 3.63) is 47.1 Å². The molecule has 0 heterocycles. The van der Waals surface area contributed by atoms with Gasteiger partial charge in [-0.2, -0.15) is 0 Å². The van der Waals surface area contributed by atoms with Crippen LogP contribution in [0, 0.1) is 12.4 Å². The second-order valence-corrected chi connectivity index (χ2v) is 2.61. The molecule has 0 aliphatic rings. The first-order valence-corrected chi connectivity index (χ1v) is 3.89. The minimum absolute atomic E-state index is 0.401. The van der Waals surface area contributed by atoms with E-state index in [4.69, 9.17) is 6.57 Å². The van der Waals surface area contributed by atoms with E-state index >= 15 is 0 Å². The van der Waals surface area contributed by atoms with Gasteiger partial charge in [0.15, 0.2) is 0 Å². The fourth-order valence-corrected chi connectivity index (χ4v) is 1.02. The molecule has 0 radical (unpaired) electrons. The van der Waals surface area contributed by atoms with Crippen LogP contribution in [0.2, 0.25) is 0 Å². The lowest BCUT2D eigenvalue weighted by molar-refractivity contribution is -0.141. The minimum atomic E-state index is -0.999. The van der Waals surface area contributed by atoms with Crippen molar-refractivity contribution in [3.63, 3.8) is 0 Å². The van der Waals surface area contributed by atoms with Crippen molar-refractivity contribution in [2.24, 2.45) is 0 Å². The van der Waals surface area contributed by atoms with Crippen LogP contribution in [0.5, 0.6) is 0 Å². The molecule has 0 aromatic heterocycles. The number of carbonyl (C=O) groups excluding carboxylic acids is 1. The Balaban J connectivity index is 2.97. The van der Waals surface area contributed by atoms with Crippen molar-refractivity contribution in [2.45, 2.75) is 6.04 Å². The summed E-state index contributed by atoms with van der Waals surface area (Å²) in [5.74, 6) is -1.03. The van der Waals surface area contributed by atoms with Gasteiger partial charge in [0.25, 0.3) is 0 Å². The maximum atomic E-state index is 12.5. The van der Waals surface area contributed by atoms with E-state index in [2.05, 4.69) is 9.58 Å². The van der Waals surface area contributed by atoms with E-state index < -0.39 is 17.8 Å². The van der Waals surface area contributed by atoms with Gasteiger partial charge in [0.2, 0.25) is 0 Å². The first-order chi connectivity index (χ1) is 6.69. The molecule has 1 rings (SSSR count). The molecule has 0 aliphatic carbocycles. The van der Waals surface area contributed by atoms with Crippen molar-refractivity contribution in [1.82, 2.24) is 0 Å². The van der Waals surface area contributed by atoms with Crippen molar-refractivity contribution >= 4 is 5.97 Å². The largest absolute Gasteiger partial charge is 0.463 e. The van der Waals surface area contributed by atoms with Crippen molar-refractivity contribution in [3.8, 4) is 0 Å². The van der Waals surface area contributed by atoms with Crippen LogP contribution in [0.4, 0.5) is 4.39 Å². The Labute approximate surface area is 80.9 Å². The number of halogens is 1. The van der Waals surface area contributed by atoms with E-state index in [-0.39, 0.29) is 0 Å². The lowest BCUT2D eigenvalue weighted by atomic mass is 10.1. The van der Waals surface area contributed by atoms with Gasteiger partial charge in [-0.1, -0.05) is 0 Å². The molecule has 0 spiro atoms. The molecular weight excluding hydrogens is 185 g/mol. The third-order valence-corrected chi connectivity index (χ3v) is 1.74. The van der Waals surface area contributed by atoms with Gasteiger partial charge in [-0.15, -0.1) is 0 Å². The standard InChI is InChI=1S/C10H8FNO2/c1-12-9(10(13)14-2)7-3-5-8(11)6-4-7/h3-6,9H,2H3. The number of rotatable bonds is 2. The number of hydrogen-bond acceptors (Lipinski definition) is 2. The van der Waals surface area contributed by atoms with Gasteiger partial charge in [0, 0.05) is 5.56 Å². The van der Waals surface area contributed by atoms with Gasteiger partial charge >= 0.3 is 12.0 Å². The molecule has 3 nitrogen and oxygen atoms in total. The topological polar surface area (TPSA) is 30.7 Å². The van der Waals surface area contributed by atoms with Crippen LogP contribution < -0.4 is 0 Å². The molecule has 14 heavy (non-hydrogen) atoms. The third kappa shape index (κ3) is 2.07. The minimum Gasteiger partial charge on any atom is -0.463 e. The van der Waals surface area contributed by atoms with E-state index in [0.717, 1.165) is 0 Å². The maximum Gasteiger partial charge on any atom is 0.395 e. The van der Waals surface area contributed by atoms with Crippen LogP contribution in [0.25, 0.3) is 4.85 Å². The summed E-state index contributed by atoms with van der Waals surface area (Å²) in [6.07, 6.45) is 0. The number of esters is 1. The third-order valence-electron chi connectivity index (χ3n) is 1.74. The summed E-state index contributed by atoms with van der Waals surface area (Å²) in [6.45, 7) is 6.82. The van der Waals surface area contributed by atoms with E-state index in [1.165, 1.54) is 31.4 Å². The molecular formula is C10H8FNO2. The first kappa shape index (κ1) is 10.2. The summed E-state index contributed by atoms with van der Waals surface area (Å²) in [4.78, 5) is 14.2. The molecule has 0 saturated carbocycles. The highest BCUT2D eigenvalue weighted by atomic mass is 19.1. The summed E-state index contributed by atoms with van der Waals surface area (Å²) < 4.78 is 17.0. The van der Waals surface area contributed by atoms with Crippen molar-refractivity contribution in [2.75, 3.05) is 7.11 Å². The predicted molar refractivity (Wildman–Crippen MR) is 47.8 cm³/mol. The number of benzene rings is 1. The fraction of sp³-hybridized carbons (Fsp3) is 0.200. The molecule has 1 atom stereocenters. The van der Waals surface area contributed by atoms with E-state index in [0.29, 0.717) is 5.56 Å². The molecule has 1 unspecified atom stereocenters. The molecule has 72 valence electrons. The Morgan fingerprint density at radius 2 is 2.07 bits per heavy atom. The number of methoxy groups -OCH3 is 1. The van der Waals surface area contributed by atoms with Crippen molar-refractivity contribution < 1.29 is 13.9 Å². The second kappa shape index (κ2) is 4.38. The number of carbonyl (C=O) groups is 1. The molecule has 0 aliphatic heterocycles. The number of ether oxygens (including phenoxy) is 1. The average molecular weight is 193 g/mol. The Morgan fingerprint density at radius 3 is 2.50 bits per heavy atom. The van der Waals surface area contributed by atoms with Gasteiger partial charge < -0.3 is 4.74 Å². The van der Waals surface area contributed by atoms with Crippen LogP contribution in [-0.4, -0.2) is 13.1 Å². The highest BCUT2D eigenvalue weighted by Crippen LogP contribution is 2.18. The van der Waals surface area contributed by atoms with Gasteiger partial charge in [0.1, 0.15) is 5.82 Å². The number of nitrogens with zero attached hydrogens (tertiary/aromatic N) is 1. The Bertz CT molecular complexity index is 367. The lowest BCUT2D eigenvalue weighted by Crippen LogP contribution is -2.10. The lowest BCUT2D eigenvalue weighted by Gasteiger charge is -2.02. The Kier molecular flexibility index (Phi) is 3.19. The molecule has 0 amide bonds. The van der Waals surface area contributed by atoms with Crippen LogP contribution in [0.1, 0.15) is 11.6 Å². The van der Waals surface area contributed by atoms with E-state index in [1.807, 2.05) is 0 Å². The summed E-state index contributed by atoms with van der Waals surface area (Å²) in [6, 6.07) is 4.21. The summed E-state index contributed by atoms with van der Waals surface area (Å²) in [5.41, 5.74) is 0.438. The molecule has 4 heteroatoms. The highest BCUT2D eigenvalue weighted by Gasteiger charge is 2.26. The summed E-state index contributed by atoms with van der Waals surface area (Å²) >= 11 is 0. The normalized spacial score (nSPS) is 11.5. The number of hydrogen-bond donors (Lipinski definition) is 0. The van der Waals surface area contributed by atoms with Gasteiger partial charge in [-0.25, -0.2) is 15.8 Å². The van der Waals surface area contributed by atoms with Crippen LogP contribution in [0.3, 0.4) is 0 Å². The zero-order valence-corrected chi connectivity index (χ0v) is 7.53. The highest BCUT2D eigenvalue weighted by molar-refractivity contribution is 5.79. The van der Waals surface area contributed by atoms with Crippen LogP contribution in [0.15, 0.2) is 24.3 Å². The Morgan fingerprint density at radius 1 is 1.50 bits per heavy atom. The summed E-state index contributed by atoms with van der Waals surface area (Å²) in [5, 5.41) is 0. The fourth-order valence-electron chi connectivity index (χ4n) is 1.02. The Hall–Kier alpha value is -1.89. The quantitative estimate of drug-likeness (QED) is 0.531. The second-order valence-electron chi connectivity index (χ2n) is 2.61. The molecule has 0 bridgehead atoms. The first-order valence-electron chi connectivity index (χ1n) is 3.89. The SMILES string of the molecule is [C-]#[N+]C(C(=O)OC)c1ccc(F)cc1. The van der Waals surface area contributed by atoms with Gasteiger partial charge in [-0.05, 0) is 24.3 Å². The zero-order chi connectivity index (χ0) is 10.6. The molecule has 0 N–H and O–H groups in total.